The summed E-state index contributed by atoms with van der Waals surface area (Å²) in [6.07, 6.45) is 0.499. The van der Waals surface area contributed by atoms with Gasteiger partial charge in [-0.3, -0.25) is 4.90 Å². The van der Waals surface area contributed by atoms with Crippen LogP contribution in [0.5, 0.6) is 0 Å². The Labute approximate surface area is 106 Å². The molecule has 0 N–H and O–H groups in total. The molecule has 1 amide bonds. The number of hydrogen-bond acceptors (Lipinski definition) is 2. The molecule has 0 saturated heterocycles. The Morgan fingerprint density at radius 2 is 2.12 bits per heavy atom. The maximum Gasteiger partial charge on any atom is 0.414 e. The van der Waals surface area contributed by atoms with Crippen molar-refractivity contribution < 1.29 is 9.53 Å². The monoisotopic (exact) mass is 253 g/mol. The van der Waals surface area contributed by atoms with Crippen molar-refractivity contribution in [1.82, 2.24) is 0 Å². The summed E-state index contributed by atoms with van der Waals surface area (Å²) in [4.78, 5) is 13.6. The van der Waals surface area contributed by atoms with Crippen LogP contribution in [0.25, 0.3) is 0 Å². The summed E-state index contributed by atoms with van der Waals surface area (Å²) in [5.74, 6) is 0. The minimum atomic E-state index is -0.485. The number of halogens is 1. The SMILES string of the molecule is CC(C)(C)OC(=O)N1CCc2cccc(Cl)c21. The molecule has 92 valence electrons. The zero-order chi connectivity index (χ0) is 12.6. The molecule has 1 aromatic rings. The highest BCUT2D eigenvalue weighted by Crippen LogP contribution is 2.35. The average molecular weight is 254 g/mol. The molecule has 0 saturated carbocycles. The molecule has 0 unspecified atom stereocenters. The molecule has 2 rings (SSSR count). The van der Waals surface area contributed by atoms with Gasteiger partial charge in [0.2, 0.25) is 0 Å². The fraction of sp³-hybridized carbons (Fsp3) is 0.462. The lowest BCUT2D eigenvalue weighted by atomic mass is 10.2. The Bertz CT molecular complexity index is 451. The van der Waals surface area contributed by atoms with E-state index >= 15 is 0 Å². The number of para-hydroxylation sites is 1. The number of hydrogen-bond donors (Lipinski definition) is 0. The fourth-order valence-corrected chi connectivity index (χ4v) is 2.20. The van der Waals surface area contributed by atoms with Gasteiger partial charge < -0.3 is 4.74 Å². The van der Waals surface area contributed by atoms with Crippen LogP contribution >= 0.6 is 11.6 Å². The first-order valence-corrected chi connectivity index (χ1v) is 6.04. The summed E-state index contributed by atoms with van der Waals surface area (Å²) in [7, 11) is 0. The van der Waals surface area contributed by atoms with E-state index in [4.69, 9.17) is 16.3 Å². The predicted molar refractivity (Wildman–Crippen MR) is 68.7 cm³/mol. The Kier molecular flexibility index (Phi) is 3.04. The standard InChI is InChI=1S/C13H16ClNO2/c1-13(2,3)17-12(16)15-8-7-9-5-4-6-10(14)11(9)15/h4-6H,7-8H2,1-3H3. The van der Waals surface area contributed by atoms with Crippen LogP contribution in [0, 0.1) is 0 Å². The maximum absolute atomic E-state index is 12.0. The third-order valence-electron chi connectivity index (χ3n) is 2.56. The lowest BCUT2D eigenvalue weighted by Crippen LogP contribution is -2.35. The van der Waals surface area contributed by atoms with E-state index in [1.807, 2.05) is 32.9 Å². The van der Waals surface area contributed by atoms with Crippen LogP contribution in [0.3, 0.4) is 0 Å². The van der Waals surface area contributed by atoms with Crippen molar-refractivity contribution in [2.75, 3.05) is 11.4 Å². The van der Waals surface area contributed by atoms with Crippen molar-refractivity contribution in [2.45, 2.75) is 32.8 Å². The summed E-state index contributed by atoms with van der Waals surface area (Å²) in [5.41, 5.74) is 1.41. The van der Waals surface area contributed by atoms with Gasteiger partial charge in [-0.15, -0.1) is 0 Å². The number of benzene rings is 1. The van der Waals surface area contributed by atoms with Gasteiger partial charge >= 0.3 is 6.09 Å². The highest BCUT2D eigenvalue weighted by atomic mass is 35.5. The van der Waals surface area contributed by atoms with Gasteiger partial charge in [-0.05, 0) is 38.8 Å². The number of fused-ring (bicyclic) bond motifs is 1. The van der Waals surface area contributed by atoms with Gasteiger partial charge in [-0.1, -0.05) is 23.7 Å². The molecular weight excluding hydrogens is 238 g/mol. The molecule has 0 bridgehead atoms. The predicted octanol–water partition coefficient (Wildman–Crippen LogP) is 3.64. The van der Waals surface area contributed by atoms with E-state index in [2.05, 4.69) is 0 Å². The molecular formula is C13H16ClNO2. The van der Waals surface area contributed by atoms with Crippen LogP contribution < -0.4 is 4.90 Å². The highest BCUT2D eigenvalue weighted by molar-refractivity contribution is 6.34. The number of ether oxygens (including phenoxy) is 1. The first-order valence-electron chi connectivity index (χ1n) is 5.66. The van der Waals surface area contributed by atoms with E-state index in [9.17, 15) is 4.79 Å². The number of rotatable bonds is 0. The Hall–Kier alpha value is -1.22. The van der Waals surface area contributed by atoms with Gasteiger partial charge in [0.15, 0.2) is 0 Å². The van der Waals surface area contributed by atoms with Crippen LogP contribution in [0.4, 0.5) is 10.5 Å². The normalized spacial score (nSPS) is 14.7. The molecule has 0 radical (unpaired) electrons. The minimum Gasteiger partial charge on any atom is -0.443 e. The largest absolute Gasteiger partial charge is 0.443 e. The lowest BCUT2D eigenvalue weighted by Gasteiger charge is -2.25. The van der Waals surface area contributed by atoms with E-state index in [0.717, 1.165) is 17.7 Å². The van der Waals surface area contributed by atoms with E-state index < -0.39 is 5.60 Å². The molecule has 3 nitrogen and oxygen atoms in total. The van der Waals surface area contributed by atoms with Crippen LogP contribution in [-0.2, 0) is 11.2 Å². The molecule has 4 heteroatoms. The molecule has 1 heterocycles. The zero-order valence-electron chi connectivity index (χ0n) is 10.3. The van der Waals surface area contributed by atoms with Crippen LogP contribution in [0.15, 0.2) is 18.2 Å². The molecule has 17 heavy (non-hydrogen) atoms. The second-order valence-corrected chi connectivity index (χ2v) is 5.54. The Morgan fingerprint density at radius 1 is 1.41 bits per heavy atom. The third-order valence-corrected chi connectivity index (χ3v) is 2.86. The first kappa shape index (κ1) is 12.2. The van der Waals surface area contributed by atoms with Gasteiger partial charge in [0.05, 0.1) is 10.7 Å². The van der Waals surface area contributed by atoms with Crippen molar-refractivity contribution in [3.8, 4) is 0 Å². The van der Waals surface area contributed by atoms with E-state index in [1.54, 1.807) is 11.0 Å². The highest BCUT2D eigenvalue weighted by Gasteiger charge is 2.30. The average Bonchev–Trinajstić information content (AvgIpc) is 2.60. The van der Waals surface area contributed by atoms with Crippen molar-refractivity contribution in [3.05, 3.63) is 28.8 Å². The summed E-state index contributed by atoms with van der Waals surface area (Å²) in [6, 6.07) is 5.69. The van der Waals surface area contributed by atoms with Gasteiger partial charge in [-0.2, -0.15) is 0 Å². The van der Waals surface area contributed by atoms with Crippen LogP contribution in [-0.4, -0.2) is 18.2 Å². The van der Waals surface area contributed by atoms with Crippen LogP contribution in [0.1, 0.15) is 26.3 Å². The third kappa shape index (κ3) is 2.55. The number of anilines is 1. The maximum atomic E-state index is 12.0. The molecule has 0 fully saturated rings. The van der Waals surface area contributed by atoms with Crippen LogP contribution in [0.2, 0.25) is 5.02 Å². The molecule has 0 aliphatic carbocycles. The second kappa shape index (κ2) is 4.22. The molecule has 1 aliphatic rings. The Morgan fingerprint density at radius 3 is 2.76 bits per heavy atom. The van der Waals surface area contributed by atoms with E-state index in [0.29, 0.717) is 11.6 Å². The number of nitrogens with zero attached hydrogens (tertiary/aromatic N) is 1. The molecule has 0 atom stereocenters. The fourth-order valence-electron chi connectivity index (χ4n) is 1.91. The minimum absolute atomic E-state index is 0.329. The van der Waals surface area contributed by atoms with Gasteiger partial charge in [0, 0.05) is 6.54 Å². The zero-order valence-corrected chi connectivity index (χ0v) is 11.0. The first-order chi connectivity index (χ1) is 7.88. The summed E-state index contributed by atoms with van der Waals surface area (Å²) >= 11 is 6.13. The summed E-state index contributed by atoms with van der Waals surface area (Å²) < 4.78 is 5.36. The van der Waals surface area contributed by atoms with E-state index in [1.165, 1.54) is 0 Å². The molecule has 1 aromatic carbocycles. The lowest BCUT2D eigenvalue weighted by molar-refractivity contribution is 0.0584. The van der Waals surface area contributed by atoms with Gasteiger partial charge in [0.25, 0.3) is 0 Å². The second-order valence-electron chi connectivity index (χ2n) is 5.13. The van der Waals surface area contributed by atoms with Crippen molar-refractivity contribution in [1.29, 1.82) is 0 Å². The number of amides is 1. The summed E-state index contributed by atoms with van der Waals surface area (Å²) in [6.45, 7) is 6.20. The molecule has 1 aliphatic heterocycles. The number of carbonyl (C=O) groups is 1. The van der Waals surface area contributed by atoms with Crippen molar-refractivity contribution >= 4 is 23.4 Å². The quantitative estimate of drug-likeness (QED) is 0.707. The van der Waals surface area contributed by atoms with Crippen molar-refractivity contribution in [2.24, 2.45) is 0 Å². The molecule has 0 spiro atoms. The van der Waals surface area contributed by atoms with E-state index in [-0.39, 0.29) is 6.09 Å². The number of carbonyl (C=O) groups excluding carboxylic acids is 1. The topological polar surface area (TPSA) is 29.5 Å². The smallest absolute Gasteiger partial charge is 0.414 e. The van der Waals surface area contributed by atoms with Gasteiger partial charge in [-0.25, -0.2) is 4.79 Å². The van der Waals surface area contributed by atoms with Gasteiger partial charge in [0.1, 0.15) is 5.60 Å². The Balaban J connectivity index is 2.25. The summed E-state index contributed by atoms with van der Waals surface area (Å²) in [5, 5.41) is 0.603. The van der Waals surface area contributed by atoms with Crippen molar-refractivity contribution in [3.63, 3.8) is 0 Å². The molecule has 0 aromatic heterocycles.